The molecule has 0 atom stereocenters. The molecule has 280 valence electrons. The maximum atomic E-state index is 8.94. The van der Waals surface area contributed by atoms with E-state index in [0.717, 1.165) is 77.2 Å². The average Bonchev–Trinajstić information content (AvgIpc) is 3.78. The van der Waals surface area contributed by atoms with Crippen molar-refractivity contribution in [1.82, 2.24) is 9.55 Å². The molecular weight excluding hydrogens is 709 g/mol. The van der Waals surface area contributed by atoms with Gasteiger partial charge in [-0.15, -0.1) is 0 Å². The Kier molecular flexibility index (Phi) is 7.35. The molecule has 8 aromatic carbocycles. The number of imidazole rings is 1. The molecule has 10 rings (SSSR count). The predicted octanol–water partition coefficient (Wildman–Crippen LogP) is 14.8. The third kappa shape index (κ3) is 5.72. The number of aryl methyl sites for hydroxylation is 1. The fourth-order valence-electron chi connectivity index (χ4n) is 8.85. The Morgan fingerprint density at radius 3 is 2.02 bits per heavy atom. The standard InChI is InChI=1S/C53H48N2OSi/c1-31(2)43-27-39(57(6,7)8)28-44(32(3)4)51(43)55-49-24-33(5)45(37-22-20-34-14-9-10-16-36(34)25-37)29-48(49)54-53(55)42-19-13-18-41-47-26-38-23-21-35-15-11-12-17-40(35)46(38)30-50(47)56-52(41)42/h9-32H,1-8H3/i5D3. The molecule has 4 heteroatoms. The molecular formula is C53H48N2OSi. The lowest BCUT2D eigenvalue weighted by molar-refractivity contribution is 0.670. The lowest BCUT2D eigenvalue weighted by Crippen LogP contribution is -2.38. The van der Waals surface area contributed by atoms with E-state index in [4.69, 9.17) is 13.5 Å². The van der Waals surface area contributed by atoms with Crippen molar-refractivity contribution in [2.24, 2.45) is 0 Å². The monoisotopic (exact) mass is 759 g/mol. The van der Waals surface area contributed by atoms with Gasteiger partial charge in [0.2, 0.25) is 0 Å². The van der Waals surface area contributed by atoms with Crippen molar-refractivity contribution in [2.45, 2.75) is 66.0 Å². The molecule has 2 heterocycles. The zero-order valence-electron chi connectivity index (χ0n) is 36.7. The van der Waals surface area contributed by atoms with Gasteiger partial charge >= 0.3 is 0 Å². The number of benzene rings is 8. The second-order valence-electron chi connectivity index (χ2n) is 17.4. The van der Waals surface area contributed by atoms with E-state index in [0.29, 0.717) is 11.1 Å². The van der Waals surface area contributed by atoms with Gasteiger partial charge in [0, 0.05) is 14.9 Å². The smallest absolute Gasteiger partial charge is 0.149 e. The summed E-state index contributed by atoms with van der Waals surface area (Å²) < 4.78 is 36.1. The SMILES string of the molecule is [2H]C([2H])([2H])c1cc2c(cc1-c1ccc3ccccc3c1)nc(-c1cccc3c1oc1cc4c(ccc5ccccc54)cc13)n2-c1c(C(C)C)cc([Si](C)(C)C)cc1C(C)C. The van der Waals surface area contributed by atoms with Gasteiger partial charge in [-0.3, -0.25) is 4.57 Å². The van der Waals surface area contributed by atoms with Gasteiger partial charge in [0.1, 0.15) is 17.0 Å². The van der Waals surface area contributed by atoms with E-state index >= 15 is 0 Å². The Bertz CT molecular complexity index is 3330. The Morgan fingerprint density at radius 1 is 0.596 bits per heavy atom. The highest BCUT2D eigenvalue weighted by Crippen LogP contribution is 2.43. The largest absolute Gasteiger partial charge is 0.455 e. The number of furan rings is 1. The van der Waals surface area contributed by atoms with E-state index in [-0.39, 0.29) is 11.8 Å². The van der Waals surface area contributed by atoms with Gasteiger partial charge in [0.15, 0.2) is 0 Å². The van der Waals surface area contributed by atoms with Crippen LogP contribution in [0.2, 0.25) is 19.6 Å². The van der Waals surface area contributed by atoms with Crippen LogP contribution in [0.25, 0.3) is 93.5 Å². The first-order chi connectivity index (χ1) is 28.7. The van der Waals surface area contributed by atoms with Crippen molar-refractivity contribution in [1.29, 1.82) is 0 Å². The van der Waals surface area contributed by atoms with E-state index in [1.54, 1.807) is 0 Å². The third-order valence-electron chi connectivity index (χ3n) is 12.0. The number of fused-ring (bicyclic) bond motifs is 8. The van der Waals surface area contributed by atoms with Crippen LogP contribution in [0.5, 0.6) is 0 Å². The third-order valence-corrected chi connectivity index (χ3v) is 14.0. The lowest BCUT2D eigenvalue weighted by atomic mass is 9.92. The molecule has 2 aromatic heterocycles. The van der Waals surface area contributed by atoms with Crippen LogP contribution < -0.4 is 5.19 Å². The van der Waals surface area contributed by atoms with E-state index in [9.17, 15) is 0 Å². The summed E-state index contributed by atoms with van der Waals surface area (Å²) in [6, 6.07) is 46.7. The highest BCUT2D eigenvalue weighted by molar-refractivity contribution is 6.88. The van der Waals surface area contributed by atoms with E-state index in [2.05, 4.69) is 155 Å². The van der Waals surface area contributed by atoms with Crippen LogP contribution >= 0.6 is 0 Å². The fraction of sp³-hybridized carbons (Fsp3) is 0.189. The molecule has 0 unspecified atom stereocenters. The minimum absolute atomic E-state index is 0.183. The van der Waals surface area contributed by atoms with Crippen LogP contribution in [-0.4, -0.2) is 17.6 Å². The highest BCUT2D eigenvalue weighted by atomic mass is 28.3. The molecule has 3 nitrogen and oxygen atoms in total. The molecule has 0 amide bonds. The van der Waals surface area contributed by atoms with Crippen molar-refractivity contribution in [2.75, 3.05) is 0 Å². The van der Waals surface area contributed by atoms with Crippen LogP contribution in [-0.2, 0) is 0 Å². The summed E-state index contributed by atoms with van der Waals surface area (Å²) in [5, 5.41) is 10.3. The first-order valence-electron chi connectivity index (χ1n) is 21.7. The van der Waals surface area contributed by atoms with Crippen molar-refractivity contribution < 1.29 is 8.53 Å². The number of rotatable bonds is 6. The lowest BCUT2D eigenvalue weighted by Gasteiger charge is -2.27. The van der Waals surface area contributed by atoms with Gasteiger partial charge in [-0.2, -0.15) is 0 Å². The summed E-state index contributed by atoms with van der Waals surface area (Å²) in [6.07, 6.45) is 0. The predicted molar refractivity (Wildman–Crippen MR) is 248 cm³/mol. The van der Waals surface area contributed by atoms with Gasteiger partial charge in [0.25, 0.3) is 0 Å². The Hall–Kier alpha value is -5.97. The number of hydrogen-bond donors (Lipinski definition) is 0. The Balaban J connectivity index is 1.33. The summed E-state index contributed by atoms with van der Waals surface area (Å²) in [5.74, 6) is 1.09. The van der Waals surface area contributed by atoms with Gasteiger partial charge < -0.3 is 4.42 Å². The normalized spacial score (nSPS) is 13.5. The molecule has 0 N–H and O–H groups in total. The average molecular weight is 760 g/mol. The van der Waals surface area contributed by atoms with Crippen molar-refractivity contribution >= 4 is 78.5 Å². The molecule has 0 aliphatic heterocycles. The topological polar surface area (TPSA) is 31.0 Å². The molecule has 0 aliphatic carbocycles. The second kappa shape index (κ2) is 13.0. The molecule has 0 saturated carbocycles. The number of hydrogen-bond acceptors (Lipinski definition) is 2. The van der Waals surface area contributed by atoms with Crippen LogP contribution in [0.3, 0.4) is 0 Å². The van der Waals surface area contributed by atoms with Gasteiger partial charge in [0.05, 0.1) is 30.4 Å². The molecule has 57 heavy (non-hydrogen) atoms. The van der Waals surface area contributed by atoms with Gasteiger partial charge in [-0.1, -0.05) is 150 Å². The molecule has 0 fully saturated rings. The van der Waals surface area contributed by atoms with Gasteiger partial charge in [-0.05, 0) is 115 Å². The first kappa shape index (κ1) is 32.1. The molecule has 10 aromatic rings. The Labute approximate surface area is 339 Å². The van der Waals surface area contributed by atoms with Crippen LogP contribution in [0.1, 0.15) is 60.3 Å². The highest BCUT2D eigenvalue weighted by Gasteiger charge is 2.28. The van der Waals surface area contributed by atoms with E-state index in [1.807, 2.05) is 30.3 Å². The Morgan fingerprint density at radius 2 is 1.28 bits per heavy atom. The summed E-state index contributed by atoms with van der Waals surface area (Å²) in [6.45, 7) is 13.9. The van der Waals surface area contributed by atoms with E-state index in [1.165, 1.54) is 27.1 Å². The number of para-hydroxylation sites is 1. The summed E-state index contributed by atoms with van der Waals surface area (Å²) in [5.41, 5.74) is 9.24. The second-order valence-corrected chi connectivity index (χ2v) is 22.5. The zero-order valence-corrected chi connectivity index (χ0v) is 34.7. The van der Waals surface area contributed by atoms with E-state index < -0.39 is 14.9 Å². The van der Waals surface area contributed by atoms with Crippen LogP contribution in [0.4, 0.5) is 0 Å². The fourth-order valence-corrected chi connectivity index (χ4v) is 10.0. The molecule has 0 saturated heterocycles. The molecule has 0 spiro atoms. The van der Waals surface area contributed by atoms with Crippen molar-refractivity contribution in [3.63, 3.8) is 0 Å². The van der Waals surface area contributed by atoms with Crippen molar-refractivity contribution in [3.8, 4) is 28.2 Å². The number of nitrogens with zero attached hydrogens (tertiary/aromatic N) is 2. The minimum atomic E-state index is -2.39. The van der Waals surface area contributed by atoms with Crippen molar-refractivity contribution in [3.05, 3.63) is 150 Å². The minimum Gasteiger partial charge on any atom is -0.455 e. The van der Waals surface area contributed by atoms with Crippen LogP contribution in [0.15, 0.2) is 138 Å². The summed E-state index contributed by atoms with van der Waals surface area (Å²) >= 11 is 0. The number of aromatic nitrogens is 2. The molecule has 0 bridgehead atoms. The molecule has 0 aliphatic rings. The van der Waals surface area contributed by atoms with Crippen LogP contribution in [0, 0.1) is 6.85 Å². The quantitative estimate of drug-likeness (QED) is 0.125. The molecule has 0 radical (unpaired) electrons. The zero-order chi connectivity index (χ0) is 41.8. The maximum Gasteiger partial charge on any atom is 0.149 e. The summed E-state index contributed by atoms with van der Waals surface area (Å²) in [4.78, 5) is 5.55. The summed E-state index contributed by atoms with van der Waals surface area (Å²) in [7, 11) is -1.73. The van der Waals surface area contributed by atoms with Gasteiger partial charge in [-0.25, -0.2) is 4.98 Å². The maximum absolute atomic E-state index is 8.94. The first-order valence-corrected chi connectivity index (χ1v) is 23.7.